The maximum Gasteiger partial charge on any atom is 0.354 e. The van der Waals surface area contributed by atoms with E-state index in [1.54, 1.807) is 6.07 Å². The highest BCUT2D eigenvalue weighted by Crippen LogP contribution is 2.22. The molecular formula is C12H9BrN2O3S. The fraction of sp³-hybridized carbons (Fsp3) is 0.0833. The second-order valence-corrected chi connectivity index (χ2v) is 5.41. The third-order valence-electron chi connectivity index (χ3n) is 2.32. The molecule has 2 rings (SSSR count). The van der Waals surface area contributed by atoms with Gasteiger partial charge < -0.3 is 10.4 Å². The van der Waals surface area contributed by atoms with Gasteiger partial charge in [-0.05, 0) is 39.0 Å². The number of carboxylic acid groups (broad SMARTS) is 1. The molecule has 0 atom stereocenters. The minimum atomic E-state index is -1.07. The number of amides is 1. The number of carbonyl (C=O) groups is 2. The summed E-state index contributed by atoms with van der Waals surface area (Å²) in [7, 11) is 0. The van der Waals surface area contributed by atoms with E-state index in [-0.39, 0.29) is 11.6 Å². The van der Waals surface area contributed by atoms with Gasteiger partial charge in [0, 0.05) is 17.2 Å². The Bertz CT molecular complexity index is 610. The Kier molecular flexibility index (Phi) is 4.28. The van der Waals surface area contributed by atoms with Crippen LogP contribution in [0.25, 0.3) is 0 Å². The number of carbonyl (C=O) groups excluding carboxylic acids is 1. The normalized spacial score (nSPS) is 10.2. The van der Waals surface area contributed by atoms with Crippen LogP contribution in [-0.2, 0) is 6.54 Å². The van der Waals surface area contributed by atoms with Crippen LogP contribution in [0.1, 0.15) is 25.7 Å². The fourth-order valence-corrected chi connectivity index (χ4v) is 2.84. The van der Waals surface area contributed by atoms with Gasteiger partial charge in [-0.1, -0.05) is 6.07 Å². The van der Waals surface area contributed by atoms with Crippen LogP contribution < -0.4 is 5.32 Å². The molecule has 0 fully saturated rings. The maximum absolute atomic E-state index is 11.8. The van der Waals surface area contributed by atoms with Crippen LogP contribution in [0.3, 0.4) is 0 Å². The zero-order valence-electron chi connectivity index (χ0n) is 9.59. The number of hydrogen-bond acceptors (Lipinski definition) is 4. The molecule has 0 aliphatic heterocycles. The number of carboxylic acids is 1. The summed E-state index contributed by atoms with van der Waals surface area (Å²) in [5.74, 6) is -1.25. The SMILES string of the molecule is O=C(O)c1ccc(CNC(=O)c2sccc2Br)cn1. The minimum Gasteiger partial charge on any atom is -0.477 e. The molecular weight excluding hydrogens is 332 g/mol. The van der Waals surface area contributed by atoms with Gasteiger partial charge in [0.05, 0.1) is 0 Å². The summed E-state index contributed by atoms with van der Waals surface area (Å²) in [6.45, 7) is 0.302. The van der Waals surface area contributed by atoms with Crippen LogP contribution in [0.4, 0.5) is 0 Å². The lowest BCUT2D eigenvalue weighted by molar-refractivity contribution is 0.0690. The molecule has 98 valence electrons. The molecule has 0 saturated carbocycles. The molecule has 0 radical (unpaired) electrons. The van der Waals surface area contributed by atoms with Crippen LogP contribution in [0.15, 0.2) is 34.2 Å². The van der Waals surface area contributed by atoms with Gasteiger partial charge in [0.15, 0.2) is 0 Å². The van der Waals surface area contributed by atoms with Crippen molar-refractivity contribution in [3.05, 3.63) is 50.4 Å². The molecule has 5 nitrogen and oxygen atoms in total. The van der Waals surface area contributed by atoms with E-state index in [4.69, 9.17) is 5.11 Å². The average molecular weight is 341 g/mol. The van der Waals surface area contributed by atoms with Gasteiger partial charge in [-0.15, -0.1) is 11.3 Å². The van der Waals surface area contributed by atoms with Gasteiger partial charge in [0.25, 0.3) is 5.91 Å². The fourth-order valence-electron chi connectivity index (χ4n) is 1.37. The lowest BCUT2D eigenvalue weighted by atomic mass is 10.2. The van der Waals surface area contributed by atoms with Crippen molar-refractivity contribution >= 4 is 39.1 Å². The predicted octanol–water partition coefficient (Wildman–Crippen LogP) is 2.53. The predicted molar refractivity (Wildman–Crippen MR) is 74.4 cm³/mol. The smallest absolute Gasteiger partial charge is 0.354 e. The number of thiophene rings is 1. The number of rotatable bonds is 4. The first kappa shape index (κ1) is 13.7. The molecule has 0 spiro atoms. The summed E-state index contributed by atoms with van der Waals surface area (Å²) >= 11 is 4.64. The summed E-state index contributed by atoms with van der Waals surface area (Å²) in [6, 6.07) is 4.84. The zero-order chi connectivity index (χ0) is 13.8. The van der Waals surface area contributed by atoms with E-state index in [1.165, 1.54) is 23.6 Å². The van der Waals surface area contributed by atoms with Crippen molar-refractivity contribution in [2.24, 2.45) is 0 Å². The van der Waals surface area contributed by atoms with E-state index in [2.05, 4.69) is 26.2 Å². The molecule has 0 unspecified atom stereocenters. The van der Waals surface area contributed by atoms with Crippen molar-refractivity contribution in [2.45, 2.75) is 6.54 Å². The Labute approximate surface area is 121 Å². The van der Waals surface area contributed by atoms with E-state index in [0.717, 1.165) is 10.0 Å². The Balaban J connectivity index is 1.97. The first-order chi connectivity index (χ1) is 9.08. The molecule has 19 heavy (non-hydrogen) atoms. The topological polar surface area (TPSA) is 79.3 Å². The standard InChI is InChI=1S/C12H9BrN2O3S/c13-8-3-4-19-10(8)11(16)15-6-7-1-2-9(12(17)18)14-5-7/h1-5H,6H2,(H,15,16)(H,17,18). The second-order valence-electron chi connectivity index (χ2n) is 3.64. The highest BCUT2D eigenvalue weighted by atomic mass is 79.9. The van der Waals surface area contributed by atoms with Crippen LogP contribution in [0, 0.1) is 0 Å². The monoisotopic (exact) mass is 340 g/mol. The Morgan fingerprint density at radius 2 is 2.16 bits per heavy atom. The van der Waals surface area contributed by atoms with Crippen LogP contribution in [-0.4, -0.2) is 22.0 Å². The summed E-state index contributed by atoms with van der Waals surface area (Å²) < 4.78 is 0.759. The highest BCUT2D eigenvalue weighted by Gasteiger charge is 2.11. The zero-order valence-corrected chi connectivity index (χ0v) is 12.0. The molecule has 0 saturated heterocycles. The number of nitrogens with one attached hydrogen (secondary N) is 1. The van der Waals surface area contributed by atoms with Crippen molar-refractivity contribution < 1.29 is 14.7 Å². The van der Waals surface area contributed by atoms with E-state index in [1.807, 2.05) is 11.4 Å². The van der Waals surface area contributed by atoms with Crippen molar-refractivity contribution in [3.8, 4) is 0 Å². The quantitative estimate of drug-likeness (QED) is 0.896. The summed E-state index contributed by atoms with van der Waals surface area (Å²) in [4.78, 5) is 26.9. The molecule has 0 aromatic carbocycles. The van der Waals surface area contributed by atoms with E-state index >= 15 is 0 Å². The van der Waals surface area contributed by atoms with Crippen LogP contribution in [0.2, 0.25) is 0 Å². The molecule has 2 aromatic rings. The number of nitrogens with zero attached hydrogens (tertiary/aromatic N) is 1. The average Bonchev–Trinajstić information content (AvgIpc) is 2.83. The molecule has 2 heterocycles. The van der Waals surface area contributed by atoms with E-state index in [9.17, 15) is 9.59 Å². The van der Waals surface area contributed by atoms with Gasteiger partial charge >= 0.3 is 5.97 Å². The molecule has 7 heteroatoms. The Morgan fingerprint density at radius 3 is 2.68 bits per heavy atom. The number of halogens is 1. The van der Waals surface area contributed by atoms with Crippen LogP contribution in [0.5, 0.6) is 0 Å². The number of hydrogen-bond donors (Lipinski definition) is 2. The third-order valence-corrected chi connectivity index (χ3v) is 4.16. The van der Waals surface area contributed by atoms with Crippen molar-refractivity contribution in [1.29, 1.82) is 0 Å². The molecule has 0 aliphatic carbocycles. The van der Waals surface area contributed by atoms with Gasteiger partial charge in [-0.2, -0.15) is 0 Å². The second kappa shape index (κ2) is 5.94. The summed E-state index contributed by atoms with van der Waals surface area (Å²) in [5, 5.41) is 13.3. The lowest BCUT2D eigenvalue weighted by Crippen LogP contribution is -2.22. The maximum atomic E-state index is 11.8. The highest BCUT2D eigenvalue weighted by molar-refractivity contribution is 9.10. The van der Waals surface area contributed by atoms with Crippen molar-refractivity contribution in [2.75, 3.05) is 0 Å². The number of pyridine rings is 1. The number of aromatic nitrogens is 1. The molecule has 1 amide bonds. The third kappa shape index (κ3) is 3.39. The van der Waals surface area contributed by atoms with Gasteiger partial charge in [0.2, 0.25) is 0 Å². The van der Waals surface area contributed by atoms with Crippen molar-refractivity contribution in [3.63, 3.8) is 0 Å². The first-order valence-electron chi connectivity index (χ1n) is 5.27. The van der Waals surface area contributed by atoms with Crippen LogP contribution >= 0.6 is 27.3 Å². The Morgan fingerprint density at radius 1 is 1.37 bits per heavy atom. The molecule has 0 aliphatic rings. The van der Waals surface area contributed by atoms with Crippen molar-refractivity contribution in [1.82, 2.24) is 10.3 Å². The minimum absolute atomic E-state index is 0.0175. The summed E-state index contributed by atoms with van der Waals surface area (Å²) in [6.07, 6.45) is 1.44. The lowest BCUT2D eigenvalue weighted by Gasteiger charge is -2.04. The largest absolute Gasteiger partial charge is 0.477 e. The number of aromatic carboxylic acids is 1. The van der Waals surface area contributed by atoms with E-state index in [0.29, 0.717) is 11.4 Å². The van der Waals surface area contributed by atoms with Gasteiger partial charge in [0.1, 0.15) is 10.6 Å². The summed E-state index contributed by atoms with van der Waals surface area (Å²) in [5.41, 5.74) is 0.724. The Hall–Kier alpha value is -1.73. The molecule has 0 bridgehead atoms. The van der Waals surface area contributed by atoms with Gasteiger partial charge in [-0.25, -0.2) is 9.78 Å². The first-order valence-corrected chi connectivity index (χ1v) is 6.94. The van der Waals surface area contributed by atoms with E-state index < -0.39 is 5.97 Å². The van der Waals surface area contributed by atoms with Gasteiger partial charge in [-0.3, -0.25) is 4.79 Å². The molecule has 2 aromatic heterocycles. The molecule has 2 N–H and O–H groups in total.